The van der Waals surface area contributed by atoms with Crippen LogP contribution in [0.5, 0.6) is 0 Å². The standard InChI is InChI=1S/C16H25N/c1-14-6-5-9-16(12-14)13-17-11-10-15-7-3-2-4-8-15/h5-6,9,12,15,17H,2-4,7-8,10-11,13H2,1H3. The molecule has 1 aromatic carbocycles. The molecule has 0 unspecified atom stereocenters. The Morgan fingerprint density at radius 2 is 2.00 bits per heavy atom. The fourth-order valence-corrected chi connectivity index (χ4v) is 2.84. The van der Waals surface area contributed by atoms with Gasteiger partial charge in [-0.3, -0.25) is 0 Å². The highest BCUT2D eigenvalue weighted by molar-refractivity contribution is 5.21. The van der Waals surface area contributed by atoms with E-state index in [2.05, 4.69) is 36.5 Å². The molecule has 94 valence electrons. The minimum absolute atomic E-state index is 0.994. The summed E-state index contributed by atoms with van der Waals surface area (Å²) >= 11 is 0. The first kappa shape index (κ1) is 12.6. The number of rotatable bonds is 5. The van der Waals surface area contributed by atoms with Gasteiger partial charge in [0.25, 0.3) is 0 Å². The van der Waals surface area contributed by atoms with E-state index < -0.39 is 0 Å². The van der Waals surface area contributed by atoms with E-state index in [1.807, 2.05) is 0 Å². The molecule has 1 heteroatoms. The van der Waals surface area contributed by atoms with Crippen molar-refractivity contribution in [2.45, 2.75) is 52.0 Å². The van der Waals surface area contributed by atoms with Crippen molar-refractivity contribution in [1.29, 1.82) is 0 Å². The van der Waals surface area contributed by atoms with E-state index in [9.17, 15) is 0 Å². The Hall–Kier alpha value is -0.820. The van der Waals surface area contributed by atoms with Gasteiger partial charge in [-0.15, -0.1) is 0 Å². The molecule has 0 aliphatic heterocycles. The predicted octanol–water partition coefficient (Wildman–Crippen LogP) is 4.06. The lowest BCUT2D eigenvalue weighted by Gasteiger charge is -2.21. The second-order valence-electron chi connectivity index (χ2n) is 5.46. The van der Waals surface area contributed by atoms with E-state index >= 15 is 0 Å². The van der Waals surface area contributed by atoms with Crippen LogP contribution >= 0.6 is 0 Å². The van der Waals surface area contributed by atoms with Crippen LogP contribution in [0.2, 0.25) is 0 Å². The van der Waals surface area contributed by atoms with Crippen LogP contribution in [0, 0.1) is 12.8 Å². The second-order valence-corrected chi connectivity index (χ2v) is 5.46. The third-order valence-electron chi connectivity index (χ3n) is 3.87. The first-order valence-electron chi connectivity index (χ1n) is 7.11. The molecule has 17 heavy (non-hydrogen) atoms. The van der Waals surface area contributed by atoms with E-state index in [-0.39, 0.29) is 0 Å². The van der Waals surface area contributed by atoms with Crippen LogP contribution in [0.25, 0.3) is 0 Å². The molecule has 1 N–H and O–H groups in total. The molecular formula is C16H25N. The Morgan fingerprint density at radius 1 is 1.18 bits per heavy atom. The number of hydrogen-bond donors (Lipinski definition) is 1. The van der Waals surface area contributed by atoms with E-state index in [1.54, 1.807) is 0 Å². The largest absolute Gasteiger partial charge is 0.313 e. The van der Waals surface area contributed by atoms with Crippen LogP contribution in [0.3, 0.4) is 0 Å². The number of hydrogen-bond acceptors (Lipinski definition) is 1. The highest BCUT2D eigenvalue weighted by Gasteiger charge is 2.12. The van der Waals surface area contributed by atoms with E-state index in [0.717, 1.165) is 12.5 Å². The SMILES string of the molecule is Cc1cccc(CNCCC2CCCCC2)c1. The summed E-state index contributed by atoms with van der Waals surface area (Å²) < 4.78 is 0. The summed E-state index contributed by atoms with van der Waals surface area (Å²) in [5.41, 5.74) is 2.77. The Kier molecular flexibility index (Phi) is 5.06. The van der Waals surface area contributed by atoms with Crippen LogP contribution in [0.4, 0.5) is 0 Å². The zero-order valence-corrected chi connectivity index (χ0v) is 11.0. The summed E-state index contributed by atoms with van der Waals surface area (Å²) in [6.45, 7) is 4.36. The fraction of sp³-hybridized carbons (Fsp3) is 0.625. The molecule has 1 nitrogen and oxygen atoms in total. The molecular weight excluding hydrogens is 206 g/mol. The lowest BCUT2D eigenvalue weighted by molar-refractivity contribution is 0.334. The molecule has 1 fully saturated rings. The predicted molar refractivity (Wildman–Crippen MR) is 74.1 cm³/mol. The van der Waals surface area contributed by atoms with Gasteiger partial charge in [-0.25, -0.2) is 0 Å². The molecule has 0 spiro atoms. The zero-order valence-electron chi connectivity index (χ0n) is 11.0. The fourth-order valence-electron chi connectivity index (χ4n) is 2.84. The van der Waals surface area contributed by atoms with Crippen molar-refractivity contribution in [1.82, 2.24) is 5.32 Å². The van der Waals surface area contributed by atoms with Crippen molar-refractivity contribution in [3.63, 3.8) is 0 Å². The van der Waals surface area contributed by atoms with E-state index in [0.29, 0.717) is 0 Å². The molecule has 0 heterocycles. The summed E-state index contributed by atoms with van der Waals surface area (Å²) in [5.74, 6) is 0.994. The Bertz CT molecular complexity index is 326. The molecule has 1 aliphatic rings. The average molecular weight is 231 g/mol. The van der Waals surface area contributed by atoms with Crippen LogP contribution in [0.15, 0.2) is 24.3 Å². The normalized spacial score (nSPS) is 17.2. The molecule has 1 saturated carbocycles. The van der Waals surface area contributed by atoms with Gasteiger partial charge in [-0.1, -0.05) is 61.9 Å². The lowest BCUT2D eigenvalue weighted by Crippen LogP contribution is -2.19. The van der Waals surface area contributed by atoms with Gasteiger partial charge in [0.15, 0.2) is 0 Å². The van der Waals surface area contributed by atoms with Gasteiger partial charge in [-0.05, 0) is 31.4 Å². The molecule has 0 aromatic heterocycles. The van der Waals surface area contributed by atoms with Gasteiger partial charge in [0, 0.05) is 6.54 Å². The smallest absolute Gasteiger partial charge is 0.0205 e. The molecule has 0 bridgehead atoms. The van der Waals surface area contributed by atoms with Crippen LogP contribution in [-0.2, 0) is 6.54 Å². The highest BCUT2D eigenvalue weighted by atomic mass is 14.8. The Morgan fingerprint density at radius 3 is 2.76 bits per heavy atom. The van der Waals surface area contributed by atoms with Gasteiger partial charge in [0.05, 0.1) is 0 Å². The van der Waals surface area contributed by atoms with Gasteiger partial charge < -0.3 is 5.32 Å². The van der Waals surface area contributed by atoms with Gasteiger partial charge in [0.1, 0.15) is 0 Å². The molecule has 1 aromatic rings. The Balaban J connectivity index is 1.62. The van der Waals surface area contributed by atoms with E-state index in [1.165, 1.54) is 56.2 Å². The molecule has 2 rings (SSSR count). The second kappa shape index (κ2) is 6.80. The van der Waals surface area contributed by atoms with Crippen LogP contribution < -0.4 is 5.32 Å². The summed E-state index contributed by atoms with van der Waals surface area (Å²) in [4.78, 5) is 0. The molecule has 0 atom stereocenters. The van der Waals surface area contributed by atoms with Crippen LogP contribution in [-0.4, -0.2) is 6.54 Å². The summed E-state index contributed by atoms with van der Waals surface area (Å²) in [7, 11) is 0. The third-order valence-corrected chi connectivity index (χ3v) is 3.87. The van der Waals surface area contributed by atoms with Crippen molar-refractivity contribution in [3.05, 3.63) is 35.4 Å². The first-order chi connectivity index (χ1) is 8.34. The summed E-state index contributed by atoms with van der Waals surface area (Å²) in [6, 6.07) is 8.78. The van der Waals surface area contributed by atoms with Gasteiger partial charge in [-0.2, -0.15) is 0 Å². The molecule has 1 aliphatic carbocycles. The summed E-state index contributed by atoms with van der Waals surface area (Å²) in [6.07, 6.45) is 8.68. The number of benzene rings is 1. The van der Waals surface area contributed by atoms with Crippen molar-refractivity contribution in [2.24, 2.45) is 5.92 Å². The van der Waals surface area contributed by atoms with Crippen molar-refractivity contribution >= 4 is 0 Å². The highest BCUT2D eigenvalue weighted by Crippen LogP contribution is 2.25. The third kappa shape index (κ3) is 4.51. The van der Waals surface area contributed by atoms with Crippen molar-refractivity contribution in [2.75, 3.05) is 6.54 Å². The number of aryl methyl sites for hydroxylation is 1. The minimum atomic E-state index is 0.994. The zero-order chi connectivity index (χ0) is 11.9. The lowest BCUT2D eigenvalue weighted by atomic mass is 9.87. The minimum Gasteiger partial charge on any atom is -0.313 e. The van der Waals surface area contributed by atoms with Crippen molar-refractivity contribution in [3.8, 4) is 0 Å². The Labute approximate surface area is 106 Å². The molecule has 0 radical (unpaired) electrons. The monoisotopic (exact) mass is 231 g/mol. The maximum absolute atomic E-state index is 3.58. The quantitative estimate of drug-likeness (QED) is 0.754. The average Bonchev–Trinajstić information content (AvgIpc) is 2.36. The first-order valence-corrected chi connectivity index (χ1v) is 7.11. The maximum atomic E-state index is 3.58. The van der Waals surface area contributed by atoms with Crippen molar-refractivity contribution < 1.29 is 0 Å². The maximum Gasteiger partial charge on any atom is 0.0205 e. The number of nitrogens with one attached hydrogen (secondary N) is 1. The van der Waals surface area contributed by atoms with Gasteiger partial charge in [0.2, 0.25) is 0 Å². The van der Waals surface area contributed by atoms with E-state index in [4.69, 9.17) is 0 Å². The van der Waals surface area contributed by atoms with Crippen LogP contribution in [0.1, 0.15) is 49.7 Å². The molecule has 0 amide bonds. The summed E-state index contributed by atoms with van der Waals surface area (Å²) in [5, 5.41) is 3.58. The van der Waals surface area contributed by atoms with Gasteiger partial charge >= 0.3 is 0 Å². The topological polar surface area (TPSA) is 12.0 Å². The molecule has 0 saturated heterocycles.